The van der Waals surface area contributed by atoms with Crippen LogP contribution in [0.2, 0.25) is 0 Å². The molecule has 0 aliphatic carbocycles. The number of fused-ring (bicyclic) bond motifs is 1. The maximum absolute atomic E-state index is 11.9. The highest BCUT2D eigenvalue weighted by Crippen LogP contribution is 2.20. The monoisotopic (exact) mass is 237 g/mol. The van der Waals surface area contributed by atoms with Gasteiger partial charge in [-0.2, -0.15) is 0 Å². The van der Waals surface area contributed by atoms with E-state index in [1.165, 1.54) is 0 Å². The van der Waals surface area contributed by atoms with Crippen LogP contribution in [-0.4, -0.2) is 4.98 Å². The van der Waals surface area contributed by atoms with Crippen LogP contribution in [0, 0.1) is 6.92 Å². The minimum Gasteiger partial charge on any atom is -0.422 e. The highest BCUT2D eigenvalue weighted by Gasteiger charge is 2.07. The van der Waals surface area contributed by atoms with Gasteiger partial charge in [-0.05, 0) is 24.6 Å². The zero-order valence-corrected chi connectivity index (χ0v) is 9.88. The minimum atomic E-state index is -0.322. The molecule has 3 aromatic rings. The van der Waals surface area contributed by atoms with Gasteiger partial charge in [-0.25, -0.2) is 4.79 Å². The first-order chi connectivity index (χ1) is 8.74. The molecule has 0 fully saturated rings. The number of rotatable bonds is 1. The molecule has 0 atom stereocenters. The van der Waals surface area contributed by atoms with E-state index in [2.05, 4.69) is 4.98 Å². The molecule has 0 spiro atoms. The molecular weight excluding hydrogens is 226 g/mol. The van der Waals surface area contributed by atoms with Gasteiger partial charge in [0.05, 0.1) is 5.56 Å². The van der Waals surface area contributed by atoms with Crippen molar-refractivity contribution in [2.75, 3.05) is 0 Å². The summed E-state index contributed by atoms with van der Waals surface area (Å²) in [6, 6.07) is 11.3. The third-order valence-electron chi connectivity index (χ3n) is 2.90. The van der Waals surface area contributed by atoms with E-state index in [0.29, 0.717) is 11.1 Å². The number of benzene rings is 1. The zero-order valence-electron chi connectivity index (χ0n) is 9.88. The molecule has 2 heterocycles. The second-order valence-electron chi connectivity index (χ2n) is 4.23. The summed E-state index contributed by atoms with van der Waals surface area (Å²) in [5.41, 5.74) is 2.82. The quantitative estimate of drug-likeness (QED) is 0.653. The lowest BCUT2D eigenvalue weighted by Crippen LogP contribution is -2.02. The molecule has 0 bridgehead atoms. The first-order valence-electron chi connectivity index (χ1n) is 5.69. The van der Waals surface area contributed by atoms with E-state index in [1.807, 2.05) is 37.3 Å². The van der Waals surface area contributed by atoms with Crippen LogP contribution in [0.25, 0.3) is 22.1 Å². The van der Waals surface area contributed by atoms with Crippen LogP contribution in [0.1, 0.15) is 5.56 Å². The van der Waals surface area contributed by atoms with E-state index >= 15 is 0 Å². The van der Waals surface area contributed by atoms with Crippen molar-refractivity contribution >= 4 is 11.0 Å². The van der Waals surface area contributed by atoms with Gasteiger partial charge in [0.2, 0.25) is 0 Å². The van der Waals surface area contributed by atoms with Gasteiger partial charge in [0.1, 0.15) is 5.58 Å². The van der Waals surface area contributed by atoms with E-state index in [4.69, 9.17) is 4.42 Å². The maximum atomic E-state index is 11.9. The van der Waals surface area contributed by atoms with Gasteiger partial charge in [-0.15, -0.1) is 0 Å². The summed E-state index contributed by atoms with van der Waals surface area (Å²) in [6.07, 6.45) is 3.30. The Balaban J connectivity index is 2.26. The highest BCUT2D eigenvalue weighted by atomic mass is 16.4. The van der Waals surface area contributed by atoms with Crippen LogP contribution in [-0.2, 0) is 0 Å². The van der Waals surface area contributed by atoms with Crippen LogP contribution in [0.4, 0.5) is 0 Å². The molecule has 3 rings (SSSR count). The minimum absolute atomic E-state index is 0.322. The summed E-state index contributed by atoms with van der Waals surface area (Å²) in [4.78, 5) is 16.0. The molecule has 0 aliphatic rings. The van der Waals surface area contributed by atoms with E-state index in [1.54, 1.807) is 18.5 Å². The first-order valence-corrected chi connectivity index (χ1v) is 5.69. The van der Waals surface area contributed by atoms with Crippen molar-refractivity contribution in [1.82, 2.24) is 4.98 Å². The Morgan fingerprint density at radius 2 is 1.89 bits per heavy atom. The van der Waals surface area contributed by atoms with Gasteiger partial charge in [0.25, 0.3) is 0 Å². The normalized spacial score (nSPS) is 10.7. The van der Waals surface area contributed by atoms with Gasteiger partial charge in [0, 0.05) is 17.8 Å². The summed E-state index contributed by atoms with van der Waals surface area (Å²) in [6.45, 7) is 2.01. The SMILES string of the molecule is Cc1ccc(-c2cc3cnccc3oc2=O)cc1. The summed E-state index contributed by atoms with van der Waals surface area (Å²) < 4.78 is 5.28. The standard InChI is InChI=1S/C15H11NO2/c1-10-2-4-11(5-3-10)13-8-12-9-16-7-6-14(12)18-15(13)17/h2-9H,1H3. The molecule has 88 valence electrons. The fourth-order valence-corrected chi connectivity index (χ4v) is 1.90. The van der Waals surface area contributed by atoms with Gasteiger partial charge >= 0.3 is 5.63 Å². The van der Waals surface area contributed by atoms with Crippen molar-refractivity contribution in [2.45, 2.75) is 6.92 Å². The van der Waals surface area contributed by atoms with E-state index in [9.17, 15) is 4.79 Å². The predicted octanol–water partition coefficient (Wildman–Crippen LogP) is 3.16. The highest BCUT2D eigenvalue weighted by molar-refractivity contribution is 5.80. The second-order valence-corrected chi connectivity index (χ2v) is 4.23. The Morgan fingerprint density at radius 3 is 2.67 bits per heavy atom. The summed E-state index contributed by atoms with van der Waals surface area (Å²) in [5.74, 6) is 0. The zero-order chi connectivity index (χ0) is 12.5. The Morgan fingerprint density at radius 1 is 1.11 bits per heavy atom. The van der Waals surface area contributed by atoms with Crippen molar-refractivity contribution in [3.05, 3.63) is 64.8 Å². The van der Waals surface area contributed by atoms with E-state index < -0.39 is 0 Å². The van der Waals surface area contributed by atoms with Crippen molar-refractivity contribution in [3.63, 3.8) is 0 Å². The summed E-state index contributed by atoms with van der Waals surface area (Å²) in [5, 5.41) is 0.827. The number of aryl methyl sites for hydroxylation is 1. The third-order valence-corrected chi connectivity index (χ3v) is 2.90. The Hall–Kier alpha value is -2.42. The van der Waals surface area contributed by atoms with Crippen LogP contribution in [0.15, 0.2) is 58.0 Å². The van der Waals surface area contributed by atoms with Gasteiger partial charge < -0.3 is 4.42 Å². The number of hydrogen-bond acceptors (Lipinski definition) is 3. The molecule has 3 heteroatoms. The van der Waals surface area contributed by atoms with Crippen LogP contribution >= 0.6 is 0 Å². The second kappa shape index (κ2) is 4.11. The Labute approximate surface area is 104 Å². The largest absolute Gasteiger partial charge is 0.422 e. The molecule has 18 heavy (non-hydrogen) atoms. The van der Waals surface area contributed by atoms with Gasteiger partial charge in [-0.3, -0.25) is 4.98 Å². The topological polar surface area (TPSA) is 43.1 Å². The van der Waals surface area contributed by atoms with Crippen molar-refractivity contribution in [1.29, 1.82) is 0 Å². The fraction of sp³-hybridized carbons (Fsp3) is 0.0667. The Kier molecular flexibility index (Phi) is 2.45. The van der Waals surface area contributed by atoms with Crippen molar-refractivity contribution in [3.8, 4) is 11.1 Å². The molecule has 0 saturated heterocycles. The molecule has 1 aromatic carbocycles. The lowest BCUT2D eigenvalue weighted by atomic mass is 10.1. The molecule has 2 aromatic heterocycles. The average molecular weight is 237 g/mol. The number of aromatic nitrogens is 1. The predicted molar refractivity (Wildman–Crippen MR) is 70.5 cm³/mol. The number of hydrogen-bond donors (Lipinski definition) is 0. The van der Waals surface area contributed by atoms with Gasteiger partial charge in [-0.1, -0.05) is 29.8 Å². The van der Waals surface area contributed by atoms with Crippen LogP contribution in [0.3, 0.4) is 0 Å². The number of nitrogens with zero attached hydrogens (tertiary/aromatic N) is 1. The van der Waals surface area contributed by atoms with E-state index in [0.717, 1.165) is 16.5 Å². The van der Waals surface area contributed by atoms with Gasteiger partial charge in [0.15, 0.2) is 0 Å². The fourth-order valence-electron chi connectivity index (χ4n) is 1.90. The molecule has 0 aliphatic heterocycles. The molecule has 3 nitrogen and oxygen atoms in total. The van der Waals surface area contributed by atoms with Crippen LogP contribution < -0.4 is 5.63 Å². The Bertz CT molecular complexity index is 757. The molecular formula is C15H11NO2. The van der Waals surface area contributed by atoms with Crippen LogP contribution in [0.5, 0.6) is 0 Å². The number of pyridine rings is 1. The van der Waals surface area contributed by atoms with E-state index in [-0.39, 0.29) is 5.63 Å². The molecule has 0 amide bonds. The molecule has 0 saturated carbocycles. The lowest BCUT2D eigenvalue weighted by Gasteiger charge is -2.02. The smallest absolute Gasteiger partial charge is 0.344 e. The third kappa shape index (κ3) is 1.80. The first kappa shape index (κ1) is 10.7. The summed E-state index contributed by atoms with van der Waals surface area (Å²) in [7, 11) is 0. The molecule has 0 radical (unpaired) electrons. The van der Waals surface area contributed by atoms with Crippen molar-refractivity contribution < 1.29 is 4.42 Å². The maximum Gasteiger partial charge on any atom is 0.344 e. The summed E-state index contributed by atoms with van der Waals surface area (Å²) >= 11 is 0. The molecule has 0 unspecified atom stereocenters. The lowest BCUT2D eigenvalue weighted by molar-refractivity contribution is 0.563. The van der Waals surface area contributed by atoms with Crippen molar-refractivity contribution in [2.24, 2.45) is 0 Å². The molecule has 0 N–H and O–H groups in total. The average Bonchev–Trinajstić information content (AvgIpc) is 2.39.